The first-order chi connectivity index (χ1) is 13.8. The number of nitrogens with zero attached hydrogens (tertiary/aromatic N) is 6. The number of hydrogen-bond acceptors (Lipinski definition) is 8. The zero-order valence-electron chi connectivity index (χ0n) is 14.9. The van der Waals surface area contributed by atoms with Crippen LogP contribution in [0.5, 0.6) is 11.5 Å². The maximum absolute atomic E-state index is 13.0. The minimum Gasteiger partial charge on any atom is -0.454 e. The van der Waals surface area contributed by atoms with Gasteiger partial charge in [0.05, 0.1) is 6.20 Å². The number of nitrogens with one attached hydrogen (secondary N) is 2. The molecule has 0 bridgehead atoms. The molecule has 1 atom stereocenters. The second kappa shape index (κ2) is 6.83. The van der Waals surface area contributed by atoms with Crippen molar-refractivity contribution < 1.29 is 14.3 Å². The summed E-state index contributed by atoms with van der Waals surface area (Å²) >= 11 is 0. The molecule has 28 heavy (non-hydrogen) atoms. The Labute approximate surface area is 159 Å². The predicted octanol–water partition coefficient (Wildman–Crippen LogP) is 0.831. The van der Waals surface area contributed by atoms with E-state index in [4.69, 9.17) is 9.47 Å². The first-order valence-corrected chi connectivity index (χ1v) is 9.00. The van der Waals surface area contributed by atoms with Crippen molar-refractivity contribution in [3.63, 3.8) is 0 Å². The molecule has 0 aliphatic carbocycles. The smallest absolute Gasteiger partial charge is 0.259 e. The molecule has 0 radical (unpaired) electrons. The highest BCUT2D eigenvalue weighted by Gasteiger charge is 2.28. The molecule has 3 aromatic rings. The molecule has 4 heterocycles. The van der Waals surface area contributed by atoms with Crippen LogP contribution in [-0.2, 0) is 0 Å². The molecule has 1 aromatic carbocycles. The number of piperidine rings is 1. The molecular weight excluding hydrogens is 364 g/mol. The van der Waals surface area contributed by atoms with Crippen molar-refractivity contribution in [1.29, 1.82) is 0 Å². The summed E-state index contributed by atoms with van der Waals surface area (Å²) in [7, 11) is 0. The van der Waals surface area contributed by atoms with Crippen LogP contribution in [-0.4, -0.2) is 67.1 Å². The maximum atomic E-state index is 13.0. The predicted molar refractivity (Wildman–Crippen MR) is 96.4 cm³/mol. The maximum Gasteiger partial charge on any atom is 0.259 e. The van der Waals surface area contributed by atoms with Gasteiger partial charge in [0.25, 0.3) is 5.91 Å². The molecule has 2 aromatic heterocycles. The summed E-state index contributed by atoms with van der Waals surface area (Å²) in [6.07, 6.45) is 4.81. The van der Waals surface area contributed by atoms with Crippen LogP contribution in [0.3, 0.4) is 0 Å². The van der Waals surface area contributed by atoms with Gasteiger partial charge in [0, 0.05) is 30.9 Å². The van der Waals surface area contributed by atoms with Gasteiger partial charge in [-0.05, 0) is 35.4 Å². The van der Waals surface area contributed by atoms with Gasteiger partial charge in [0.15, 0.2) is 17.3 Å². The third-order valence-corrected chi connectivity index (χ3v) is 4.88. The van der Waals surface area contributed by atoms with E-state index < -0.39 is 0 Å². The number of likely N-dealkylation sites (tertiary alicyclic amines) is 1. The van der Waals surface area contributed by atoms with Gasteiger partial charge in [-0.15, -0.1) is 5.10 Å². The molecule has 1 amide bonds. The Morgan fingerprint density at radius 2 is 2.21 bits per heavy atom. The van der Waals surface area contributed by atoms with Crippen molar-refractivity contribution in [2.75, 3.05) is 25.2 Å². The normalized spacial score (nSPS) is 18.3. The Balaban J connectivity index is 1.29. The van der Waals surface area contributed by atoms with E-state index in [2.05, 4.69) is 31.0 Å². The minimum absolute atomic E-state index is 0.101. The van der Waals surface area contributed by atoms with E-state index in [1.807, 2.05) is 23.1 Å². The van der Waals surface area contributed by atoms with Crippen LogP contribution < -0.4 is 14.8 Å². The average Bonchev–Trinajstić information content (AvgIpc) is 3.47. The number of carbonyl (C=O) groups excluding carboxylic acids is 1. The molecule has 11 nitrogen and oxygen atoms in total. The van der Waals surface area contributed by atoms with Crippen LogP contribution in [0.25, 0.3) is 5.82 Å². The lowest BCUT2D eigenvalue weighted by Crippen LogP contribution is -2.45. The summed E-state index contributed by atoms with van der Waals surface area (Å²) in [5.41, 5.74) is 1.39. The first-order valence-electron chi connectivity index (χ1n) is 9.00. The number of aromatic amines is 1. The minimum atomic E-state index is -0.101. The molecule has 144 valence electrons. The molecule has 1 saturated heterocycles. The van der Waals surface area contributed by atoms with Gasteiger partial charge in [-0.25, -0.2) is 0 Å². The number of H-pyrrole nitrogens is 1. The summed E-state index contributed by atoms with van der Waals surface area (Å²) in [6.45, 7) is 1.53. The second-order valence-corrected chi connectivity index (χ2v) is 6.69. The van der Waals surface area contributed by atoms with Crippen LogP contribution in [0.4, 0.5) is 5.69 Å². The standard InChI is InChI=1S/C17H18N8O3/c26-17(13-7-18-21-16(13)25-9-19-22-23-25)24-5-1-2-12(8-24)20-11-3-4-14-15(6-11)28-10-27-14/h3-4,6-7,9,12,20H,1-2,5,8,10H2,(H,18,21)/t12-/m0/s1. The molecule has 2 aliphatic rings. The van der Waals surface area contributed by atoms with Crippen LogP contribution in [0.2, 0.25) is 0 Å². The zero-order chi connectivity index (χ0) is 18.9. The SMILES string of the molecule is O=C(c1cn[nH]c1-n1cnnn1)N1CCC[C@H](Nc2ccc3c(c2)OCO3)C1. The lowest BCUT2D eigenvalue weighted by Gasteiger charge is -2.33. The lowest BCUT2D eigenvalue weighted by atomic mass is 10.0. The van der Waals surface area contributed by atoms with Crippen LogP contribution >= 0.6 is 0 Å². The molecule has 11 heteroatoms. The zero-order valence-corrected chi connectivity index (χ0v) is 14.9. The molecule has 2 aliphatic heterocycles. The van der Waals surface area contributed by atoms with Crippen molar-refractivity contribution in [3.8, 4) is 17.3 Å². The number of rotatable bonds is 4. The fourth-order valence-electron chi connectivity index (χ4n) is 3.55. The Kier molecular flexibility index (Phi) is 4.04. The summed E-state index contributed by atoms with van der Waals surface area (Å²) < 4.78 is 12.2. The summed E-state index contributed by atoms with van der Waals surface area (Å²) in [6, 6.07) is 5.91. The number of ether oxygens (including phenoxy) is 2. The quantitative estimate of drug-likeness (QED) is 0.680. The van der Waals surface area contributed by atoms with E-state index in [0.29, 0.717) is 24.5 Å². The van der Waals surface area contributed by atoms with E-state index in [0.717, 1.165) is 30.0 Å². The van der Waals surface area contributed by atoms with E-state index in [1.54, 1.807) is 0 Å². The van der Waals surface area contributed by atoms with Gasteiger partial charge in [-0.1, -0.05) is 0 Å². The number of amides is 1. The van der Waals surface area contributed by atoms with Gasteiger partial charge < -0.3 is 19.7 Å². The number of fused-ring (bicyclic) bond motifs is 1. The average molecular weight is 382 g/mol. The number of benzene rings is 1. The number of tetrazole rings is 1. The summed E-state index contributed by atoms with van der Waals surface area (Å²) in [5.74, 6) is 1.84. The van der Waals surface area contributed by atoms with E-state index >= 15 is 0 Å². The van der Waals surface area contributed by atoms with Crippen molar-refractivity contribution in [1.82, 2.24) is 35.3 Å². The molecule has 0 saturated carbocycles. The molecule has 0 unspecified atom stereocenters. The highest BCUT2D eigenvalue weighted by molar-refractivity contribution is 5.97. The topological polar surface area (TPSA) is 123 Å². The van der Waals surface area contributed by atoms with E-state index in [-0.39, 0.29) is 18.7 Å². The lowest BCUT2D eigenvalue weighted by molar-refractivity contribution is 0.0714. The van der Waals surface area contributed by atoms with Crippen molar-refractivity contribution in [2.24, 2.45) is 0 Å². The largest absolute Gasteiger partial charge is 0.454 e. The summed E-state index contributed by atoms with van der Waals surface area (Å²) in [5, 5.41) is 21.3. The molecule has 2 N–H and O–H groups in total. The van der Waals surface area contributed by atoms with Gasteiger partial charge >= 0.3 is 0 Å². The Morgan fingerprint density at radius 3 is 3.11 bits per heavy atom. The number of aromatic nitrogens is 6. The summed E-state index contributed by atoms with van der Waals surface area (Å²) in [4.78, 5) is 14.9. The Hall–Kier alpha value is -3.63. The molecule has 5 rings (SSSR count). The van der Waals surface area contributed by atoms with E-state index in [1.165, 1.54) is 17.2 Å². The van der Waals surface area contributed by atoms with Crippen molar-refractivity contribution in [2.45, 2.75) is 18.9 Å². The van der Waals surface area contributed by atoms with Crippen molar-refractivity contribution in [3.05, 3.63) is 36.3 Å². The third kappa shape index (κ3) is 3.00. The molecule has 0 spiro atoms. The van der Waals surface area contributed by atoms with Gasteiger partial charge in [0.2, 0.25) is 6.79 Å². The van der Waals surface area contributed by atoms with E-state index in [9.17, 15) is 4.79 Å². The highest BCUT2D eigenvalue weighted by Crippen LogP contribution is 2.34. The monoisotopic (exact) mass is 382 g/mol. The van der Waals surface area contributed by atoms with Crippen LogP contribution in [0, 0.1) is 0 Å². The Bertz CT molecular complexity index is 986. The van der Waals surface area contributed by atoms with Crippen molar-refractivity contribution >= 4 is 11.6 Å². The van der Waals surface area contributed by atoms with Gasteiger partial charge in [0.1, 0.15) is 11.9 Å². The fraction of sp³-hybridized carbons (Fsp3) is 0.353. The third-order valence-electron chi connectivity index (χ3n) is 4.88. The number of hydrogen-bond donors (Lipinski definition) is 2. The highest BCUT2D eigenvalue weighted by atomic mass is 16.7. The molecule has 1 fully saturated rings. The number of carbonyl (C=O) groups is 1. The van der Waals surface area contributed by atoms with Crippen LogP contribution in [0.15, 0.2) is 30.7 Å². The number of anilines is 1. The first kappa shape index (κ1) is 16.5. The molecular formula is C17H18N8O3. The van der Waals surface area contributed by atoms with Gasteiger partial charge in [-0.2, -0.15) is 9.78 Å². The van der Waals surface area contributed by atoms with Crippen LogP contribution in [0.1, 0.15) is 23.2 Å². The van der Waals surface area contributed by atoms with Gasteiger partial charge in [-0.3, -0.25) is 9.89 Å². The Morgan fingerprint density at radius 1 is 1.29 bits per heavy atom. The fourth-order valence-corrected chi connectivity index (χ4v) is 3.55. The second-order valence-electron chi connectivity index (χ2n) is 6.69.